The summed E-state index contributed by atoms with van der Waals surface area (Å²) in [6.45, 7) is 2.02. The topological polar surface area (TPSA) is 35.5 Å². The van der Waals surface area contributed by atoms with Crippen LogP contribution in [0.15, 0.2) is 0 Å². The maximum absolute atomic E-state index is 10.7. The Hall–Kier alpha value is -0.410. The molecule has 9 heavy (non-hydrogen) atoms. The molecule has 3 heteroatoms. The molecule has 0 aromatic heterocycles. The lowest BCUT2D eigenvalue weighted by Gasteiger charge is -2.09. The maximum atomic E-state index is 10.7. The molecule has 2 unspecified atom stereocenters. The van der Waals surface area contributed by atoms with Gasteiger partial charge in [-0.1, -0.05) is 6.92 Å². The molecule has 1 aliphatic rings. The normalized spacial score (nSPS) is 35.6. The lowest BCUT2D eigenvalue weighted by molar-refractivity contribution is -0.121. The van der Waals surface area contributed by atoms with Crippen molar-refractivity contribution < 1.29 is 14.3 Å². The van der Waals surface area contributed by atoms with E-state index in [1.165, 1.54) is 0 Å². The molecule has 2 atom stereocenters. The molecule has 1 heterocycles. The Kier molecular flexibility index (Phi) is 1.83. The molecule has 0 aliphatic carbocycles. The molecule has 0 spiro atoms. The smallest absolute Gasteiger partial charge is 0.167 e. The van der Waals surface area contributed by atoms with Crippen LogP contribution in [0.3, 0.4) is 0 Å². The fourth-order valence-electron chi connectivity index (χ4n) is 0.864. The second-order valence-electron chi connectivity index (χ2n) is 2.17. The van der Waals surface area contributed by atoms with Crippen LogP contribution in [0, 0.1) is 5.92 Å². The number of rotatable bonds is 1. The minimum atomic E-state index is -0.308. The third kappa shape index (κ3) is 1.11. The van der Waals surface area contributed by atoms with E-state index in [2.05, 4.69) is 0 Å². The predicted octanol–water partition coefficient (Wildman–Crippen LogP) is 0.194. The minimum Gasteiger partial charge on any atom is -0.355 e. The molecule has 1 rings (SSSR count). The Morgan fingerprint density at radius 2 is 2.44 bits per heavy atom. The summed E-state index contributed by atoms with van der Waals surface area (Å²) in [5, 5.41) is 0. The highest BCUT2D eigenvalue weighted by Crippen LogP contribution is 2.16. The van der Waals surface area contributed by atoms with Crippen LogP contribution in [0.2, 0.25) is 0 Å². The van der Waals surface area contributed by atoms with Crippen molar-refractivity contribution in [2.45, 2.75) is 13.2 Å². The zero-order chi connectivity index (χ0) is 6.85. The van der Waals surface area contributed by atoms with E-state index >= 15 is 0 Å². The van der Waals surface area contributed by atoms with Crippen molar-refractivity contribution in [3.05, 3.63) is 0 Å². The van der Waals surface area contributed by atoms with E-state index in [9.17, 15) is 4.79 Å². The summed E-state index contributed by atoms with van der Waals surface area (Å²) in [5.74, 6) is 0.0387. The zero-order valence-electron chi connectivity index (χ0n) is 5.59. The molecule has 1 aliphatic heterocycles. The van der Waals surface area contributed by atoms with E-state index in [-0.39, 0.29) is 24.6 Å². The molecule has 0 aromatic carbocycles. The number of carbonyl (C=O) groups is 1. The van der Waals surface area contributed by atoms with E-state index in [0.717, 1.165) is 0 Å². The van der Waals surface area contributed by atoms with Gasteiger partial charge in [-0.15, -0.1) is 0 Å². The summed E-state index contributed by atoms with van der Waals surface area (Å²) < 4.78 is 9.81. The van der Waals surface area contributed by atoms with Gasteiger partial charge in [-0.05, 0) is 0 Å². The Morgan fingerprint density at radius 1 is 1.78 bits per heavy atom. The number of methoxy groups -OCH3 is 1. The van der Waals surface area contributed by atoms with Crippen LogP contribution >= 0.6 is 0 Å². The van der Waals surface area contributed by atoms with Crippen LogP contribution in [-0.4, -0.2) is 25.8 Å². The van der Waals surface area contributed by atoms with Gasteiger partial charge in [0.1, 0.15) is 6.61 Å². The molecule has 0 amide bonds. The zero-order valence-corrected chi connectivity index (χ0v) is 5.59. The number of ketones is 1. The molecule has 0 aromatic rings. The van der Waals surface area contributed by atoms with Crippen molar-refractivity contribution in [1.29, 1.82) is 0 Å². The van der Waals surface area contributed by atoms with E-state index < -0.39 is 0 Å². The van der Waals surface area contributed by atoms with Crippen LogP contribution in [0.5, 0.6) is 0 Å². The quantitative estimate of drug-likeness (QED) is 0.508. The fourth-order valence-corrected chi connectivity index (χ4v) is 0.864. The molecular formula is C6H10O3. The highest BCUT2D eigenvalue weighted by molar-refractivity contribution is 5.83. The highest BCUT2D eigenvalue weighted by atomic mass is 16.7. The van der Waals surface area contributed by atoms with Crippen LogP contribution < -0.4 is 0 Å². The molecule has 0 N–H and O–H groups in total. The summed E-state index contributed by atoms with van der Waals surface area (Å²) in [7, 11) is 1.54. The average Bonchev–Trinajstić information content (AvgIpc) is 2.15. The van der Waals surface area contributed by atoms with Crippen molar-refractivity contribution in [2.24, 2.45) is 5.92 Å². The average molecular weight is 130 g/mol. The molecule has 52 valence electrons. The van der Waals surface area contributed by atoms with E-state index in [1.807, 2.05) is 6.92 Å². The number of ether oxygens (including phenoxy) is 2. The Balaban J connectivity index is 2.51. The third-order valence-electron chi connectivity index (χ3n) is 1.54. The van der Waals surface area contributed by atoms with Gasteiger partial charge in [0.05, 0.1) is 5.92 Å². The first-order chi connectivity index (χ1) is 4.25. The number of hydrogen-bond donors (Lipinski definition) is 0. The molecule has 1 fully saturated rings. The second kappa shape index (κ2) is 2.45. The van der Waals surface area contributed by atoms with Gasteiger partial charge in [-0.3, -0.25) is 4.79 Å². The van der Waals surface area contributed by atoms with Crippen molar-refractivity contribution in [1.82, 2.24) is 0 Å². The number of hydrogen-bond acceptors (Lipinski definition) is 3. The maximum Gasteiger partial charge on any atom is 0.167 e. The van der Waals surface area contributed by atoms with Crippen LogP contribution in [-0.2, 0) is 14.3 Å². The van der Waals surface area contributed by atoms with Gasteiger partial charge in [0.2, 0.25) is 0 Å². The standard InChI is InChI=1S/C6H10O3/c1-4-5(7)3-9-6(4)8-2/h4,6H,3H2,1-2H3. The molecule has 0 bridgehead atoms. The number of carbonyl (C=O) groups excluding carboxylic acids is 1. The molecule has 0 saturated carbocycles. The van der Waals surface area contributed by atoms with Gasteiger partial charge in [0.15, 0.2) is 12.1 Å². The monoisotopic (exact) mass is 130 g/mol. The minimum absolute atomic E-state index is 0.0880. The summed E-state index contributed by atoms with van der Waals surface area (Å²) in [6, 6.07) is 0. The van der Waals surface area contributed by atoms with Gasteiger partial charge >= 0.3 is 0 Å². The van der Waals surface area contributed by atoms with Gasteiger partial charge < -0.3 is 9.47 Å². The van der Waals surface area contributed by atoms with Crippen molar-refractivity contribution in [3.63, 3.8) is 0 Å². The van der Waals surface area contributed by atoms with Gasteiger partial charge in [-0.25, -0.2) is 0 Å². The number of Topliss-reactive ketones (excluding diaryl/α,β-unsaturated/α-hetero) is 1. The van der Waals surface area contributed by atoms with E-state index in [1.54, 1.807) is 7.11 Å². The summed E-state index contributed by atoms with van der Waals surface area (Å²) >= 11 is 0. The molecule has 0 radical (unpaired) electrons. The lowest BCUT2D eigenvalue weighted by atomic mass is 10.1. The Bertz CT molecular complexity index is 121. The second-order valence-corrected chi connectivity index (χ2v) is 2.17. The largest absolute Gasteiger partial charge is 0.355 e. The Labute approximate surface area is 53.9 Å². The summed E-state index contributed by atoms with van der Waals surface area (Å²) in [5.41, 5.74) is 0. The van der Waals surface area contributed by atoms with Crippen molar-refractivity contribution in [2.75, 3.05) is 13.7 Å². The first-order valence-corrected chi connectivity index (χ1v) is 2.93. The summed E-state index contributed by atoms with van der Waals surface area (Å²) in [6.07, 6.45) is -0.308. The molecule has 3 nitrogen and oxygen atoms in total. The predicted molar refractivity (Wildman–Crippen MR) is 30.9 cm³/mol. The summed E-state index contributed by atoms with van der Waals surface area (Å²) in [4.78, 5) is 10.7. The van der Waals surface area contributed by atoms with E-state index in [0.29, 0.717) is 0 Å². The van der Waals surface area contributed by atoms with Gasteiger partial charge in [0.25, 0.3) is 0 Å². The van der Waals surface area contributed by atoms with Crippen molar-refractivity contribution >= 4 is 5.78 Å². The molecule has 1 saturated heterocycles. The first kappa shape index (κ1) is 6.71. The van der Waals surface area contributed by atoms with Gasteiger partial charge in [-0.2, -0.15) is 0 Å². The van der Waals surface area contributed by atoms with Crippen LogP contribution in [0.1, 0.15) is 6.92 Å². The van der Waals surface area contributed by atoms with Gasteiger partial charge in [0, 0.05) is 7.11 Å². The third-order valence-corrected chi connectivity index (χ3v) is 1.54. The fraction of sp³-hybridized carbons (Fsp3) is 0.833. The van der Waals surface area contributed by atoms with Crippen LogP contribution in [0.4, 0.5) is 0 Å². The van der Waals surface area contributed by atoms with Crippen molar-refractivity contribution in [3.8, 4) is 0 Å². The van der Waals surface area contributed by atoms with Crippen LogP contribution in [0.25, 0.3) is 0 Å². The highest BCUT2D eigenvalue weighted by Gasteiger charge is 2.31. The molecular weight excluding hydrogens is 120 g/mol. The van der Waals surface area contributed by atoms with E-state index in [4.69, 9.17) is 9.47 Å². The first-order valence-electron chi connectivity index (χ1n) is 2.93. The SMILES string of the molecule is COC1OCC(=O)C1C. The Morgan fingerprint density at radius 3 is 2.67 bits per heavy atom. The lowest BCUT2D eigenvalue weighted by Crippen LogP contribution is -2.18.